The van der Waals surface area contributed by atoms with Gasteiger partial charge in [-0.1, -0.05) is 37.6 Å². The molecule has 12 heteroatoms. The second-order valence-corrected chi connectivity index (χ2v) is 6.96. The minimum Gasteiger partial charge on any atom is -0.347 e. The highest BCUT2D eigenvalue weighted by atomic mass is 35.5. The van der Waals surface area contributed by atoms with Gasteiger partial charge in [-0.2, -0.15) is 15.0 Å². The number of rotatable bonds is 6. The summed E-state index contributed by atoms with van der Waals surface area (Å²) in [6, 6.07) is -0.538. The number of nitrogens with zero attached hydrogens (tertiary/aromatic N) is 4. The number of carbonyl (C=O) groups excluding carboxylic acids is 1. The molecule has 0 aromatic carbocycles. The van der Waals surface area contributed by atoms with Crippen molar-refractivity contribution in [2.24, 2.45) is 0 Å². The van der Waals surface area contributed by atoms with Crippen LogP contribution in [0.1, 0.15) is 45.1 Å². The highest BCUT2D eigenvalue weighted by molar-refractivity contribution is 7.20. The quantitative estimate of drug-likeness (QED) is 0.516. The monoisotopic (exact) mass is 420 g/mol. The van der Waals surface area contributed by atoms with E-state index >= 15 is 0 Å². The zero-order chi connectivity index (χ0) is 18.7. The van der Waals surface area contributed by atoms with Gasteiger partial charge in [-0.3, -0.25) is 20.2 Å². The normalized spacial score (nSPS) is 11.4. The summed E-state index contributed by atoms with van der Waals surface area (Å²) >= 11 is 12.9. The number of aryl methyl sites for hydroxylation is 1. The zero-order valence-corrected chi connectivity index (χ0v) is 15.8. The van der Waals surface area contributed by atoms with Crippen molar-refractivity contribution in [3.05, 3.63) is 30.9 Å². The molecule has 1 amide bonds. The third-order valence-electron chi connectivity index (χ3n) is 3.09. The van der Waals surface area contributed by atoms with Gasteiger partial charge >= 0.3 is 5.00 Å². The van der Waals surface area contributed by atoms with Crippen LogP contribution in [0.3, 0.4) is 0 Å². The van der Waals surface area contributed by atoms with Crippen molar-refractivity contribution in [2.45, 2.75) is 40.7 Å². The van der Waals surface area contributed by atoms with E-state index < -0.39 is 11.0 Å². The summed E-state index contributed by atoms with van der Waals surface area (Å²) in [7, 11) is 0. The molecule has 0 fully saturated rings. The molecular formula is C14H18Cl2N6O3S. The molecule has 2 aromatic rings. The Morgan fingerprint density at radius 2 is 1.92 bits per heavy atom. The average Bonchev–Trinajstić information content (AvgIpc) is 2.80. The Bertz CT molecular complexity index is 829. The molecule has 0 bridgehead atoms. The number of thiophene rings is 1. The second kappa shape index (κ2) is 9.06. The van der Waals surface area contributed by atoms with Crippen LogP contribution in [0.15, 0.2) is 0 Å². The van der Waals surface area contributed by atoms with Gasteiger partial charge in [0.25, 0.3) is 0 Å². The molecule has 9 nitrogen and oxygen atoms in total. The van der Waals surface area contributed by atoms with Crippen LogP contribution < -0.4 is 10.6 Å². The molecule has 0 aliphatic rings. The molecule has 0 radical (unpaired) electrons. The first-order chi connectivity index (χ1) is 11.7. The van der Waals surface area contributed by atoms with Crippen molar-refractivity contribution in [1.29, 1.82) is 0 Å². The van der Waals surface area contributed by atoms with Gasteiger partial charge in [0.15, 0.2) is 0 Å². The van der Waals surface area contributed by atoms with E-state index in [4.69, 9.17) is 23.2 Å². The Hall–Kier alpha value is -2.04. The van der Waals surface area contributed by atoms with Gasteiger partial charge < -0.3 is 5.32 Å². The topological polar surface area (TPSA) is 123 Å². The third-order valence-corrected chi connectivity index (χ3v) is 5.05. The highest BCUT2D eigenvalue weighted by Crippen LogP contribution is 2.46. The van der Waals surface area contributed by atoms with Crippen LogP contribution in [0.2, 0.25) is 9.36 Å². The Kier molecular flexibility index (Phi) is 7.67. The summed E-state index contributed by atoms with van der Waals surface area (Å²) in [4.78, 5) is 34.1. The van der Waals surface area contributed by atoms with E-state index in [-0.39, 0.29) is 45.2 Å². The number of halogens is 2. The molecule has 0 spiro atoms. The van der Waals surface area contributed by atoms with Crippen molar-refractivity contribution in [1.82, 2.24) is 15.0 Å². The molecule has 1 atom stereocenters. The van der Waals surface area contributed by atoms with Crippen LogP contribution in [0.4, 0.5) is 16.9 Å². The lowest BCUT2D eigenvalue weighted by Crippen LogP contribution is -2.16. The number of anilines is 2. The molecule has 26 heavy (non-hydrogen) atoms. The minimum absolute atomic E-state index is 0. The van der Waals surface area contributed by atoms with E-state index in [1.807, 2.05) is 6.92 Å². The van der Waals surface area contributed by atoms with Crippen molar-refractivity contribution >= 4 is 57.3 Å². The largest absolute Gasteiger partial charge is 0.347 e. The highest BCUT2D eigenvalue weighted by Gasteiger charge is 2.30. The van der Waals surface area contributed by atoms with Gasteiger partial charge in [0, 0.05) is 6.92 Å². The van der Waals surface area contributed by atoms with Crippen molar-refractivity contribution < 1.29 is 9.72 Å². The lowest BCUT2D eigenvalue weighted by Gasteiger charge is -2.16. The van der Waals surface area contributed by atoms with Gasteiger partial charge in [-0.25, -0.2) is 0 Å². The lowest BCUT2D eigenvalue weighted by molar-refractivity contribution is -0.381. The molecule has 2 aromatic heterocycles. The molecule has 0 saturated heterocycles. The summed E-state index contributed by atoms with van der Waals surface area (Å²) in [6.07, 6.45) is 0.466. The van der Waals surface area contributed by atoms with Crippen molar-refractivity contribution in [2.75, 3.05) is 10.6 Å². The van der Waals surface area contributed by atoms with E-state index in [1.54, 1.807) is 6.92 Å². The number of nitro groups is 1. The summed E-state index contributed by atoms with van der Waals surface area (Å²) in [5, 5.41) is 16.7. The third kappa shape index (κ3) is 4.99. The SMILES string of the molecule is C.CCC(Nc1nc(C)nc(NC(C)=O)n1)c1c([N+](=O)[O-])sc(Cl)c1Cl. The van der Waals surface area contributed by atoms with Gasteiger partial charge in [-0.05, 0) is 24.7 Å². The predicted octanol–water partition coefficient (Wildman–Crippen LogP) is 4.61. The molecule has 2 heterocycles. The van der Waals surface area contributed by atoms with E-state index in [0.717, 1.165) is 11.3 Å². The van der Waals surface area contributed by atoms with Crippen LogP contribution in [0, 0.1) is 17.0 Å². The second-order valence-electron chi connectivity index (χ2n) is 4.98. The molecule has 1 unspecified atom stereocenters. The molecule has 2 N–H and O–H groups in total. The van der Waals surface area contributed by atoms with Gasteiger partial charge in [-0.15, -0.1) is 0 Å². The maximum atomic E-state index is 11.3. The number of hydrogen-bond acceptors (Lipinski definition) is 8. The van der Waals surface area contributed by atoms with E-state index in [1.165, 1.54) is 6.92 Å². The summed E-state index contributed by atoms with van der Waals surface area (Å²) in [5.74, 6) is 0.295. The Morgan fingerprint density at radius 1 is 1.31 bits per heavy atom. The first kappa shape index (κ1) is 22.0. The summed E-state index contributed by atoms with van der Waals surface area (Å²) < 4.78 is 0.148. The zero-order valence-electron chi connectivity index (χ0n) is 13.5. The van der Waals surface area contributed by atoms with Crippen LogP contribution >= 0.6 is 34.5 Å². The smallest absolute Gasteiger partial charge is 0.332 e. The van der Waals surface area contributed by atoms with E-state index in [9.17, 15) is 14.9 Å². The van der Waals surface area contributed by atoms with E-state index in [0.29, 0.717) is 12.2 Å². The van der Waals surface area contributed by atoms with Crippen molar-refractivity contribution in [3.63, 3.8) is 0 Å². The van der Waals surface area contributed by atoms with Crippen LogP contribution in [-0.4, -0.2) is 25.8 Å². The van der Waals surface area contributed by atoms with Crippen LogP contribution in [-0.2, 0) is 4.79 Å². The Labute approximate surface area is 164 Å². The fourth-order valence-corrected chi connectivity index (χ4v) is 3.63. The number of hydrogen-bond donors (Lipinski definition) is 2. The van der Waals surface area contributed by atoms with Crippen LogP contribution in [0.5, 0.6) is 0 Å². The van der Waals surface area contributed by atoms with Gasteiger partial charge in [0.1, 0.15) is 10.2 Å². The predicted molar refractivity (Wildman–Crippen MR) is 103 cm³/mol. The fourth-order valence-electron chi connectivity index (χ4n) is 2.12. The van der Waals surface area contributed by atoms with Gasteiger partial charge in [0.05, 0.1) is 21.6 Å². The number of aromatic nitrogens is 3. The maximum Gasteiger partial charge on any atom is 0.332 e. The fraction of sp³-hybridized carbons (Fsp3) is 0.429. The molecular weight excluding hydrogens is 403 g/mol. The molecule has 2 rings (SSSR count). The number of amides is 1. The number of nitrogens with one attached hydrogen (secondary N) is 2. The van der Waals surface area contributed by atoms with Crippen LogP contribution in [0.25, 0.3) is 0 Å². The first-order valence-electron chi connectivity index (χ1n) is 7.11. The standard InChI is InChI=1S/C13H14Cl2N6O3S.CH4/c1-4-7(8-9(14)10(15)25-11(8)21(23)24)19-13-17-5(2)16-12(20-13)18-6(3)22;/h7H,4H2,1-3H3,(H2,16,17,18,19,20,22);1H4. The number of carbonyl (C=O) groups is 1. The average molecular weight is 421 g/mol. The summed E-state index contributed by atoms with van der Waals surface area (Å²) in [6.45, 7) is 4.79. The molecule has 0 saturated carbocycles. The molecule has 0 aliphatic heterocycles. The Morgan fingerprint density at radius 3 is 2.46 bits per heavy atom. The maximum absolute atomic E-state index is 11.3. The minimum atomic E-state index is -0.538. The summed E-state index contributed by atoms with van der Waals surface area (Å²) in [5.41, 5.74) is 0.281. The van der Waals surface area contributed by atoms with Gasteiger partial charge in [0.2, 0.25) is 17.8 Å². The van der Waals surface area contributed by atoms with Crippen molar-refractivity contribution in [3.8, 4) is 0 Å². The lowest BCUT2D eigenvalue weighted by atomic mass is 10.1. The first-order valence-corrected chi connectivity index (χ1v) is 8.69. The molecule has 0 aliphatic carbocycles. The van der Waals surface area contributed by atoms with E-state index in [2.05, 4.69) is 25.6 Å². The molecule has 142 valence electrons. The Balaban J connectivity index is 0.00000338.